The number of carbonyl (C=O) groups excluding carboxylic acids is 2. The van der Waals surface area contributed by atoms with E-state index >= 15 is 0 Å². The van der Waals surface area contributed by atoms with Gasteiger partial charge in [0.15, 0.2) is 23.0 Å². The van der Waals surface area contributed by atoms with Gasteiger partial charge in [-0.15, -0.1) is 0 Å². The molecule has 4 aromatic rings. The summed E-state index contributed by atoms with van der Waals surface area (Å²) < 4.78 is 84.2. The first-order valence-electron chi connectivity index (χ1n) is 17.0. The molecule has 0 aliphatic heterocycles. The van der Waals surface area contributed by atoms with Crippen molar-refractivity contribution in [3.63, 3.8) is 0 Å². The molecule has 0 radical (unpaired) electrons. The minimum atomic E-state index is -4.02. The zero-order chi connectivity index (χ0) is 44.8. The Hall–Kier alpha value is -5.57. The van der Waals surface area contributed by atoms with Crippen molar-refractivity contribution in [2.75, 3.05) is 56.8 Å². The molecule has 3 N–H and O–H groups in total. The number of hydrogen-bond donors (Lipinski definition) is 1. The first kappa shape index (κ1) is 54.4. The van der Waals surface area contributed by atoms with Crippen LogP contribution in [0.3, 0.4) is 0 Å². The standard InChI is InChI=1S/C16H19NO4S.C11H13ClO6S.C11H14O3.C2H4O2.H2O/c1-17(12-13-7-5-4-6-8-13)22(18,19)14-9-10-15(20-2)16(11-14)21-3;1-16-8-4-7(5-11(13)18-3)10(19(12,14)15)6-9(8)17-2;1-8-4-5-9(6-10(8)13-2)7-11(12)14-3;1-2-4-3;/h4-11H,12H2,1-3H3;4,6H,5H2,1-3H3;4-6H,7H2,1-3H3;2-3H,1H2;1H2. The van der Waals surface area contributed by atoms with Crippen molar-refractivity contribution in [1.82, 2.24) is 4.31 Å². The van der Waals surface area contributed by atoms with Crippen LogP contribution in [0.5, 0.6) is 28.7 Å². The highest BCUT2D eigenvalue weighted by atomic mass is 35.7. The molecule has 332 valence electrons. The van der Waals surface area contributed by atoms with Crippen LogP contribution in [0.2, 0.25) is 0 Å². The van der Waals surface area contributed by atoms with Gasteiger partial charge in [0.25, 0.3) is 9.05 Å². The van der Waals surface area contributed by atoms with Crippen LogP contribution in [0.15, 0.2) is 101 Å². The zero-order valence-electron chi connectivity index (χ0n) is 34.7. The first-order chi connectivity index (χ1) is 27.9. The van der Waals surface area contributed by atoms with E-state index in [1.54, 1.807) is 20.2 Å². The molecule has 0 heterocycles. The van der Waals surface area contributed by atoms with Crippen molar-refractivity contribution < 1.29 is 75.2 Å². The minimum Gasteiger partial charge on any atom is -0.496 e. The predicted molar refractivity (Wildman–Crippen MR) is 224 cm³/mol. The molecule has 0 fully saturated rings. The number of hydrogen-bond acceptors (Lipinski definition) is 15. The molecule has 0 aliphatic carbocycles. The highest BCUT2D eigenvalue weighted by Gasteiger charge is 2.23. The number of carbonyl (C=O) groups is 2. The number of nitrogens with zero attached hydrogens (tertiary/aromatic N) is 1. The molecule has 0 saturated heterocycles. The fourth-order valence-corrected chi connectivity index (χ4v) is 7.09. The fraction of sp³-hybridized carbons (Fsp3) is 0.300. The third-order valence-electron chi connectivity index (χ3n) is 7.83. The average Bonchev–Trinajstić information content (AvgIpc) is 3.24. The number of ether oxygens (including phenoxy) is 7. The Morgan fingerprint density at radius 3 is 1.67 bits per heavy atom. The lowest BCUT2D eigenvalue weighted by atomic mass is 10.1. The quantitative estimate of drug-likeness (QED) is 0.0519. The number of esters is 2. The van der Waals surface area contributed by atoms with Gasteiger partial charge in [0.05, 0.1) is 72.4 Å². The molecule has 0 unspecified atom stereocenters. The Labute approximate surface area is 355 Å². The topological polar surface area (TPSA) is 231 Å². The average molecular weight is 902 g/mol. The lowest BCUT2D eigenvalue weighted by molar-refractivity contribution is -0.186. The van der Waals surface area contributed by atoms with Crippen LogP contribution in [-0.4, -0.2) is 101 Å². The maximum absolute atomic E-state index is 12.6. The largest absolute Gasteiger partial charge is 0.496 e. The highest BCUT2D eigenvalue weighted by molar-refractivity contribution is 8.13. The third-order valence-corrected chi connectivity index (χ3v) is 11.0. The number of methoxy groups -OCH3 is 7. The lowest BCUT2D eigenvalue weighted by Crippen LogP contribution is -2.26. The zero-order valence-corrected chi connectivity index (χ0v) is 37.1. The maximum atomic E-state index is 12.6. The molecule has 20 heteroatoms. The summed E-state index contributed by atoms with van der Waals surface area (Å²) in [5.41, 5.74) is 3.06. The van der Waals surface area contributed by atoms with Gasteiger partial charge in [-0.3, -0.25) is 9.59 Å². The second-order valence-electron chi connectivity index (χ2n) is 11.6. The van der Waals surface area contributed by atoms with Crippen LogP contribution in [0, 0.1) is 6.92 Å². The molecule has 4 rings (SSSR count). The van der Waals surface area contributed by atoms with E-state index in [-0.39, 0.29) is 45.4 Å². The Morgan fingerprint density at radius 1 is 0.683 bits per heavy atom. The van der Waals surface area contributed by atoms with Crippen molar-refractivity contribution in [1.29, 1.82) is 0 Å². The van der Waals surface area contributed by atoms with E-state index in [9.17, 15) is 26.4 Å². The number of aryl methyl sites for hydroxylation is 1. The smallest absolute Gasteiger partial charge is 0.310 e. The molecular weight excluding hydrogens is 850 g/mol. The van der Waals surface area contributed by atoms with E-state index in [1.165, 1.54) is 71.2 Å². The van der Waals surface area contributed by atoms with E-state index < -0.39 is 25.0 Å². The summed E-state index contributed by atoms with van der Waals surface area (Å²) in [6, 6.07) is 22.3. The Balaban J connectivity index is 0.000000842. The van der Waals surface area contributed by atoms with E-state index in [0.29, 0.717) is 23.8 Å². The first-order valence-corrected chi connectivity index (χ1v) is 20.8. The Bertz CT molecular complexity index is 2190. The number of benzene rings is 4. The number of halogens is 1. The molecule has 0 bridgehead atoms. The van der Waals surface area contributed by atoms with Gasteiger partial charge < -0.3 is 43.5 Å². The van der Waals surface area contributed by atoms with Gasteiger partial charge in [-0.2, -0.15) is 4.31 Å². The van der Waals surface area contributed by atoms with Crippen LogP contribution >= 0.6 is 10.7 Å². The third kappa shape index (κ3) is 17.3. The van der Waals surface area contributed by atoms with E-state index in [0.717, 1.165) is 28.7 Å². The number of sulfonamides is 1. The summed E-state index contributed by atoms with van der Waals surface area (Å²) in [7, 11) is 9.23. The molecule has 0 saturated carbocycles. The van der Waals surface area contributed by atoms with Gasteiger partial charge >= 0.3 is 11.9 Å². The fourth-order valence-electron chi connectivity index (χ4n) is 4.79. The van der Waals surface area contributed by atoms with Crippen LogP contribution in [-0.2, 0) is 62.4 Å². The van der Waals surface area contributed by atoms with E-state index in [2.05, 4.69) is 20.9 Å². The summed E-state index contributed by atoms with van der Waals surface area (Å²) in [5.74, 6) is 1.35. The Kier molecular flexibility index (Phi) is 24.7. The highest BCUT2D eigenvalue weighted by Crippen LogP contribution is 2.35. The van der Waals surface area contributed by atoms with Crippen LogP contribution in [0.25, 0.3) is 0 Å². The van der Waals surface area contributed by atoms with Crippen LogP contribution in [0.1, 0.15) is 22.3 Å². The van der Waals surface area contributed by atoms with Crippen LogP contribution in [0.4, 0.5) is 0 Å². The molecule has 0 spiro atoms. The van der Waals surface area contributed by atoms with Gasteiger partial charge in [0.2, 0.25) is 10.0 Å². The van der Waals surface area contributed by atoms with Gasteiger partial charge in [-0.05, 0) is 53.4 Å². The SMILES string of the molecule is C=COO.COC(=O)Cc1cc(OC)c(OC)cc1S(=O)(=O)Cl.COC(=O)Cc1ccc(C)c(OC)c1.COc1ccc(S(=O)(=O)N(C)Cc2ccccc2)cc1OC.O. The Morgan fingerprint density at radius 2 is 1.18 bits per heavy atom. The van der Waals surface area contributed by atoms with Gasteiger partial charge in [0.1, 0.15) is 12.0 Å². The molecule has 0 aliphatic rings. The summed E-state index contributed by atoms with van der Waals surface area (Å²) in [6.07, 6.45) is 0.977. The van der Waals surface area contributed by atoms with Gasteiger partial charge in [-0.25, -0.2) is 22.1 Å². The molecule has 17 nitrogen and oxygen atoms in total. The van der Waals surface area contributed by atoms with Crippen molar-refractivity contribution >= 4 is 41.7 Å². The summed E-state index contributed by atoms with van der Waals surface area (Å²) in [4.78, 5) is 25.5. The molecule has 0 amide bonds. The van der Waals surface area contributed by atoms with E-state index in [4.69, 9.17) is 39.6 Å². The van der Waals surface area contributed by atoms with Crippen molar-refractivity contribution in [3.05, 3.63) is 114 Å². The molecule has 4 aromatic carbocycles. The van der Waals surface area contributed by atoms with Crippen molar-refractivity contribution in [3.8, 4) is 28.7 Å². The minimum absolute atomic E-state index is 0. The molecular formula is C40H52ClNO16S2. The second-order valence-corrected chi connectivity index (χ2v) is 16.2. The molecule has 60 heavy (non-hydrogen) atoms. The van der Waals surface area contributed by atoms with Gasteiger partial charge in [-0.1, -0.05) is 49.0 Å². The van der Waals surface area contributed by atoms with Crippen LogP contribution < -0.4 is 23.7 Å². The van der Waals surface area contributed by atoms with E-state index in [1.807, 2.05) is 55.5 Å². The summed E-state index contributed by atoms with van der Waals surface area (Å²) in [5, 5.41) is 7.26. The summed E-state index contributed by atoms with van der Waals surface area (Å²) in [6.45, 7) is 5.27. The van der Waals surface area contributed by atoms with Crippen molar-refractivity contribution in [2.45, 2.75) is 36.1 Å². The monoisotopic (exact) mass is 901 g/mol. The molecule has 0 aromatic heterocycles. The maximum Gasteiger partial charge on any atom is 0.310 e. The van der Waals surface area contributed by atoms with Gasteiger partial charge in [0, 0.05) is 36.4 Å². The predicted octanol–water partition coefficient (Wildman–Crippen LogP) is 5.39. The normalized spacial score (nSPS) is 10.3. The second kappa shape index (κ2) is 27.2. The lowest BCUT2D eigenvalue weighted by Gasteiger charge is -2.18. The van der Waals surface area contributed by atoms with Crippen molar-refractivity contribution in [2.24, 2.45) is 0 Å². The molecule has 0 atom stereocenters. The number of rotatable bonds is 15. The summed E-state index contributed by atoms with van der Waals surface area (Å²) >= 11 is 0.